The molecule has 6 nitrogen and oxygen atoms in total. The van der Waals surface area contributed by atoms with Crippen LogP contribution in [0.4, 0.5) is 10.3 Å². The number of alkyl halides is 1. The highest BCUT2D eigenvalue weighted by atomic mass is 19.1. The van der Waals surface area contributed by atoms with E-state index in [4.69, 9.17) is 9.72 Å². The molecular weight excluding hydrogens is 477 g/mol. The van der Waals surface area contributed by atoms with Gasteiger partial charge in [0.1, 0.15) is 11.4 Å². The summed E-state index contributed by atoms with van der Waals surface area (Å²) in [6.07, 6.45) is 8.13. The van der Waals surface area contributed by atoms with Crippen LogP contribution < -0.4 is 15.4 Å². The van der Waals surface area contributed by atoms with Crippen LogP contribution in [0, 0.1) is 12.8 Å². The highest BCUT2D eigenvalue weighted by Crippen LogP contribution is 2.49. The third-order valence-corrected chi connectivity index (χ3v) is 7.93. The quantitative estimate of drug-likeness (QED) is 0.276. The van der Waals surface area contributed by atoms with E-state index < -0.39 is 5.67 Å². The number of anilines is 1. The minimum Gasteiger partial charge on any atom is -0.437 e. The molecule has 3 atom stereocenters. The summed E-state index contributed by atoms with van der Waals surface area (Å²) in [5, 5.41) is 9.05. The van der Waals surface area contributed by atoms with Gasteiger partial charge in [-0.3, -0.25) is 0 Å². The van der Waals surface area contributed by atoms with E-state index in [0.29, 0.717) is 24.3 Å². The number of fused-ring (bicyclic) bond motifs is 1. The Kier molecular flexibility index (Phi) is 6.70. The van der Waals surface area contributed by atoms with E-state index in [9.17, 15) is 4.39 Å². The molecule has 2 aliphatic rings. The van der Waals surface area contributed by atoms with E-state index in [1.165, 1.54) is 5.56 Å². The number of nitrogens with one attached hydrogen (secondary N) is 2. The lowest BCUT2D eigenvalue weighted by molar-refractivity contribution is 0.304. The van der Waals surface area contributed by atoms with Crippen LogP contribution in [0.5, 0.6) is 11.6 Å². The van der Waals surface area contributed by atoms with Crippen LogP contribution in [0.2, 0.25) is 0 Å². The monoisotopic (exact) mass is 511 g/mol. The predicted molar refractivity (Wildman–Crippen MR) is 149 cm³/mol. The van der Waals surface area contributed by atoms with Gasteiger partial charge >= 0.3 is 0 Å². The summed E-state index contributed by atoms with van der Waals surface area (Å²) in [6.45, 7) is 5.73. The van der Waals surface area contributed by atoms with Crippen molar-refractivity contribution >= 4 is 16.7 Å². The van der Waals surface area contributed by atoms with Crippen LogP contribution in [0.15, 0.2) is 60.9 Å². The fourth-order valence-electron chi connectivity index (χ4n) is 5.51. The molecule has 38 heavy (non-hydrogen) atoms. The van der Waals surface area contributed by atoms with E-state index >= 15 is 0 Å². The van der Waals surface area contributed by atoms with Crippen molar-refractivity contribution < 1.29 is 9.13 Å². The summed E-state index contributed by atoms with van der Waals surface area (Å²) < 4.78 is 20.7. The highest BCUT2D eigenvalue weighted by Gasteiger charge is 2.50. The second kappa shape index (κ2) is 10.3. The Labute approximate surface area is 223 Å². The van der Waals surface area contributed by atoms with Gasteiger partial charge in [-0.15, -0.1) is 0 Å². The smallest absolute Gasteiger partial charge is 0.228 e. The molecule has 2 N–H and O–H groups in total. The Morgan fingerprint density at radius 2 is 1.97 bits per heavy atom. The van der Waals surface area contributed by atoms with E-state index in [1.54, 1.807) is 19.3 Å². The summed E-state index contributed by atoms with van der Waals surface area (Å²) in [4.78, 5) is 13.8. The molecule has 1 aliphatic heterocycles. The van der Waals surface area contributed by atoms with Gasteiger partial charge in [-0.25, -0.2) is 19.3 Å². The van der Waals surface area contributed by atoms with E-state index in [-0.39, 0.29) is 5.92 Å². The number of ether oxygens (including phenoxy) is 1. The summed E-state index contributed by atoms with van der Waals surface area (Å²) in [5.41, 5.74) is 2.82. The number of benzene rings is 2. The second-order valence-electron chi connectivity index (χ2n) is 10.9. The summed E-state index contributed by atoms with van der Waals surface area (Å²) >= 11 is 0. The van der Waals surface area contributed by atoms with E-state index in [1.807, 2.05) is 25.1 Å². The van der Waals surface area contributed by atoms with Crippen LogP contribution >= 0.6 is 0 Å². The minimum atomic E-state index is -0.992. The molecule has 2 fully saturated rings. The number of hydrogen-bond acceptors (Lipinski definition) is 6. The molecule has 6 rings (SSSR count). The van der Waals surface area contributed by atoms with E-state index in [0.717, 1.165) is 72.1 Å². The summed E-state index contributed by atoms with van der Waals surface area (Å²) in [6, 6.07) is 16.6. The third kappa shape index (κ3) is 5.20. The average molecular weight is 512 g/mol. The maximum Gasteiger partial charge on any atom is 0.228 e. The number of aromatic nitrogens is 3. The molecule has 2 aromatic carbocycles. The zero-order chi connectivity index (χ0) is 26.1. The SMILES string of the molecule is Cc1ccc2c(CC[C@H]3CC3(C)F)cccc2c1Oc1ncccc1-c1ccnc(N[C@H]2CCCNC2)n1. The van der Waals surface area contributed by atoms with Crippen LogP contribution in [0.3, 0.4) is 0 Å². The highest BCUT2D eigenvalue weighted by molar-refractivity contribution is 5.92. The molecule has 0 bridgehead atoms. The average Bonchev–Trinajstić information content (AvgIpc) is 3.56. The molecule has 0 radical (unpaired) electrons. The molecule has 0 spiro atoms. The second-order valence-corrected chi connectivity index (χ2v) is 10.9. The molecule has 4 aromatic rings. The number of pyridine rings is 1. The van der Waals surface area contributed by atoms with Gasteiger partial charge < -0.3 is 15.4 Å². The maximum absolute atomic E-state index is 14.1. The number of halogens is 1. The van der Waals surface area contributed by atoms with Crippen LogP contribution in [0.1, 0.15) is 43.7 Å². The number of hydrogen-bond donors (Lipinski definition) is 2. The molecule has 1 saturated heterocycles. The minimum absolute atomic E-state index is 0.164. The van der Waals surface area contributed by atoms with Crippen LogP contribution in [-0.4, -0.2) is 39.8 Å². The largest absolute Gasteiger partial charge is 0.437 e. The Bertz CT molecular complexity index is 1450. The molecular formula is C31H34FN5O. The van der Waals surface area contributed by atoms with Gasteiger partial charge in [-0.1, -0.05) is 30.3 Å². The lowest BCUT2D eigenvalue weighted by Gasteiger charge is -2.23. The van der Waals surface area contributed by atoms with Crippen molar-refractivity contribution in [2.45, 2.75) is 57.7 Å². The van der Waals surface area contributed by atoms with Crippen LogP contribution in [-0.2, 0) is 6.42 Å². The fraction of sp³-hybridized carbons (Fsp3) is 0.387. The van der Waals surface area contributed by atoms with E-state index in [2.05, 4.69) is 50.9 Å². The lowest BCUT2D eigenvalue weighted by atomic mass is 9.97. The molecule has 1 aliphatic carbocycles. The van der Waals surface area contributed by atoms with Crippen molar-refractivity contribution in [3.8, 4) is 22.9 Å². The lowest BCUT2D eigenvalue weighted by Crippen LogP contribution is -2.38. The topological polar surface area (TPSA) is 72.0 Å². The first-order chi connectivity index (χ1) is 18.5. The van der Waals surface area contributed by atoms with Gasteiger partial charge in [0.25, 0.3) is 0 Å². The molecule has 3 heterocycles. The first-order valence-electron chi connectivity index (χ1n) is 13.6. The van der Waals surface area contributed by atoms with Crippen LogP contribution in [0.25, 0.3) is 22.0 Å². The Hall–Kier alpha value is -3.58. The fourth-order valence-corrected chi connectivity index (χ4v) is 5.51. The Balaban J connectivity index is 1.29. The predicted octanol–water partition coefficient (Wildman–Crippen LogP) is 6.64. The summed E-state index contributed by atoms with van der Waals surface area (Å²) in [7, 11) is 0. The first kappa shape index (κ1) is 24.7. The third-order valence-electron chi connectivity index (χ3n) is 7.93. The Morgan fingerprint density at radius 1 is 1.08 bits per heavy atom. The van der Waals surface area contributed by atoms with Gasteiger partial charge in [0.05, 0.1) is 11.3 Å². The van der Waals surface area contributed by atoms with Gasteiger partial charge in [0.15, 0.2) is 0 Å². The Morgan fingerprint density at radius 3 is 2.79 bits per heavy atom. The van der Waals surface area contributed by atoms with Gasteiger partial charge in [0, 0.05) is 30.4 Å². The number of nitrogens with zero attached hydrogens (tertiary/aromatic N) is 3. The number of rotatable bonds is 8. The van der Waals surface area contributed by atoms with Crippen molar-refractivity contribution in [1.82, 2.24) is 20.3 Å². The molecule has 2 aromatic heterocycles. The number of aryl methyl sites for hydroxylation is 2. The molecule has 196 valence electrons. The van der Waals surface area contributed by atoms with Gasteiger partial charge in [0.2, 0.25) is 11.8 Å². The summed E-state index contributed by atoms with van der Waals surface area (Å²) in [5.74, 6) is 2.06. The van der Waals surface area contributed by atoms with Crippen molar-refractivity contribution in [3.05, 3.63) is 72.1 Å². The van der Waals surface area contributed by atoms with Gasteiger partial charge in [-0.2, -0.15) is 0 Å². The van der Waals surface area contributed by atoms with Crippen molar-refractivity contribution in [2.24, 2.45) is 5.92 Å². The van der Waals surface area contributed by atoms with Gasteiger partial charge in [-0.05, 0) is 93.1 Å². The normalized spacial score (nSPS) is 22.8. The maximum atomic E-state index is 14.1. The van der Waals surface area contributed by atoms with Crippen molar-refractivity contribution in [1.29, 1.82) is 0 Å². The first-order valence-corrected chi connectivity index (χ1v) is 13.6. The molecule has 7 heteroatoms. The molecule has 1 unspecified atom stereocenters. The van der Waals surface area contributed by atoms with Crippen molar-refractivity contribution in [2.75, 3.05) is 18.4 Å². The standard InChI is InChI=1S/C31H34FN5O/c1-20-10-13-24-21(11-12-22-18-31(22,2)32)6-3-8-25(24)28(20)38-29-26(9-5-16-34-29)27-14-17-35-30(37-27)36-23-7-4-15-33-19-23/h3,5-6,8-10,13-14,16-17,22-23,33H,4,7,11-12,15,18-19H2,1-2H3,(H,35,36,37)/t22-,23-,31?/m0/s1. The van der Waals surface area contributed by atoms with Crippen molar-refractivity contribution in [3.63, 3.8) is 0 Å². The number of piperidine rings is 1. The molecule has 0 amide bonds. The molecule has 1 saturated carbocycles. The zero-order valence-corrected chi connectivity index (χ0v) is 22.0. The zero-order valence-electron chi connectivity index (χ0n) is 22.0.